The van der Waals surface area contributed by atoms with Gasteiger partial charge in [0.2, 0.25) is 0 Å². The molecule has 1 aliphatic rings. The van der Waals surface area contributed by atoms with E-state index in [1.54, 1.807) is 12.1 Å². The number of benzene rings is 1. The van der Waals surface area contributed by atoms with Crippen LogP contribution >= 0.6 is 0 Å². The van der Waals surface area contributed by atoms with Gasteiger partial charge in [-0.25, -0.2) is 4.79 Å². The van der Waals surface area contributed by atoms with E-state index < -0.39 is 5.97 Å². The van der Waals surface area contributed by atoms with Crippen LogP contribution in [0.3, 0.4) is 0 Å². The number of rotatable bonds is 5. The van der Waals surface area contributed by atoms with Crippen molar-refractivity contribution >= 4 is 5.97 Å². The Kier molecular flexibility index (Phi) is 4.15. The van der Waals surface area contributed by atoms with E-state index in [0.29, 0.717) is 11.6 Å². The summed E-state index contributed by atoms with van der Waals surface area (Å²) in [5.74, 6) is -0.832. The molecule has 0 atom stereocenters. The third-order valence-corrected chi connectivity index (χ3v) is 3.43. The molecule has 0 unspecified atom stereocenters. The van der Waals surface area contributed by atoms with Gasteiger partial charge in [0.1, 0.15) is 0 Å². The van der Waals surface area contributed by atoms with Crippen molar-refractivity contribution in [3.8, 4) is 0 Å². The van der Waals surface area contributed by atoms with E-state index in [2.05, 4.69) is 5.32 Å². The van der Waals surface area contributed by atoms with Crippen LogP contribution in [0.1, 0.15) is 41.6 Å². The average Bonchev–Trinajstić information content (AvgIpc) is 2.82. The largest absolute Gasteiger partial charge is 0.478 e. The van der Waals surface area contributed by atoms with E-state index in [4.69, 9.17) is 5.11 Å². The van der Waals surface area contributed by atoms with Crippen molar-refractivity contribution in [2.45, 2.75) is 38.1 Å². The molecule has 2 N–H and O–H groups in total. The molecule has 1 aromatic rings. The fraction of sp³-hybridized carbons (Fsp3) is 0.500. The predicted octanol–water partition coefficient (Wildman–Crippen LogP) is 2.46. The Labute approximate surface area is 102 Å². The van der Waals surface area contributed by atoms with Crippen molar-refractivity contribution in [2.75, 3.05) is 6.54 Å². The summed E-state index contributed by atoms with van der Waals surface area (Å²) < 4.78 is 0. The van der Waals surface area contributed by atoms with Crippen molar-refractivity contribution in [1.82, 2.24) is 5.32 Å². The third kappa shape index (κ3) is 3.30. The molecule has 0 spiro atoms. The van der Waals surface area contributed by atoms with Crippen LogP contribution in [0.15, 0.2) is 24.3 Å². The molecule has 3 heteroatoms. The molecule has 1 fully saturated rings. The summed E-state index contributed by atoms with van der Waals surface area (Å²) in [5, 5.41) is 12.6. The summed E-state index contributed by atoms with van der Waals surface area (Å²) >= 11 is 0. The van der Waals surface area contributed by atoms with Gasteiger partial charge in [0.25, 0.3) is 0 Å². The fourth-order valence-corrected chi connectivity index (χ4v) is 2.49. The normalized spacial score (nSPS) is 16.2. The minimum Gasteiger partial charge on any atom is -0.478 e. The summed E-state index contributed by atoms with van der Waals surface area (Å²) in [6.07, 6.45) is 5.97. The lowest BCUT2D eigenvalue weighted by Gasteiger charge is -2.12. The van der Waals surface area contributed by atoms with Gasteiger partial charge in [0.15, 0.2) is 0 Å². The second-order valence-electron chi connectivity index (χ2n) is 4.65. The number of carbonyl (C=O) groups is 1. The van der Waals surface area contributed by atoms with Gasteiger partial charge in [-0.1, -0.05) is 31.0 Å². The summed E-state index contributed by atoms with van der Waals surface area (Å²) in [6.45, 7) is 0.870. The van der Waals surface area contributed by atoms with Gasteiger partial charge in [0, 0.05) is 6.04 Å². The number of carboxylic acids is 1. The lowest BCUT2D eigenvalue weighted by Crippen LogP contribution is -2.28. The van der Waals surface area contributed by atoms with Gasteiger partial charge in [-0.2, -0.15) is 0 Å². The highest BCUT2D eigenvalue weighted by molar-refractivity contribution is 5.89. The Balaban J connectivity index is 1.87. The summed E-state index contributed by atoms with van der Waals surface area (Å²) in [7, 11) is 0. The van der Waals surface area contributed by atoms with Gasteiger partial charge >= 0.3 is 5.97 Å². The Morgan fingerprint density at radius 3 is 2.71 bits per heavy atom. The highest BCUT2D eigenvalue weighted by Crippen LogP contribution is 2.17. The zero-order chi connectivity index (χ0) is 12.1. The molecular weight excluding hydrogens is 214 g/mol. The molecule has 1 saturated carbocycles. The predicted molar refractivity (Wildman–Crippen MR) is 67.4 cm³/mol. The topological polar surface area (TPSA) is 49.3 Å². The molecule has 3 nitrogen and oxygen atoms in total. The summed E-state index contributed by atoms with van der Waals surface area (Å²) in [6, 6.07) is 7.90. The van der Waals surface area contributed by atoms with Crippen LogP contribution in [-0.4, -0.2) is 23.7 Å². The van der Waals surface area contributed by atoms with Gasteiger partial charge in [0.05, 0.1) is 5.56 Å². The first-order valence-corrected chi connectivity index (χ1v) is 6.32. The average molecular weight is 233 g/mol. The zero-order valence-corrected chi connectivity index (χ0v) is 9.98. The van der Waals surface area contributed by atoms with E-state index in [-0.39, 0.29) is 0 Å². The number of hydrogen-bond acceptors (Lipinski definition) is 2. The quantitative estimate of drug-likeness (QED) is 0.821. The van der Waals surface area contributed by atoms with Crippen LogP contribution in [0.4, 0.5) is 0 Å². The molecule has 92 valence electrons. The van der Waals surface area contributed by atoms with Gasteiger partial charge in [-0.05, 0) is 37.4 Å². The highest BCUT2D eigenvalue weighted by atomic mass is 16.4. The van der Waals surface area contributed by atoms with Crippen LogP contribution < -0.4 is 5.32 Å². The van der Waals surface area contributed by atoms with Crippen LogP contribution in [0.25, 0.3) is 0 Å². The first-order chi connectivity index (χ1) is 8.27. The fourth-order valence-electron chi connectivity index (χ4n) is 2.49. The number of carboxylic acid groups (broad SMARTS) is 1. The third-order valence-electron chi connectivity index (χ3n) is 3.43. The highest BCUT2D eigenvalue weighted by Gasteiger charge is 2.14. The zero-order valence-electron chi connectivity index (χ0n) is 9.98. The van der Waals surface area contributed by atoms with E-state index in [1.165, 1.54) is 25.7 Å². The molecular formula is C14H19NO2. The molecule has 1 aliphatic carbocycles. The molecule has 0 aromatic heterocycles. The molecule has 0 amide bonds. The molecule has 0 saturated heterocycles. The lowest BCUT2D eigenvalue weighted by molar-refractivity contribution is 0.0695. The second kappa shape index (κ2) is 5.82. The molecule has 1 aromatic carbocycles. The molecule has 0 radical (unpaired) electrons. The lowest BCUT2D eigenvalue weighted by atomic mass is 10.0. The maximum Gasteiger partial charge on any atom is 0.335 e. The Hall–Kier alpha value is -1.35. The Morgan fingerprint density at radius 2 is 2.00 bits per heavy atom. The number of hydrogen-bond donors (Lipinski definition) is 2. The van der Waals surface area contributed by atoms with Crippen LogP contribution in [0.5, 0.6) is 0 Å². The summed E-state index contributed by atoms with van der Waals surface area (Å²) in [5.41, 5.74) is 1.35. The van der Waals surface area contributed by atoms with E-state index in [0.717, 1.165) is 18.5 Å². The first-order valence-electron chi connectivity index (χ1n) is 6.32. The number of aromatic carboxylic acids is 1. The molecule has 0 aliphatic heterocycles. The first kappa shape index (κ1) is 12.1. The smallest absolute Gasteiger partial charge is 0.335 e. The van der Waals surface area contributed by atoms with Gasteiger partial charge in [-0.3, -0.25) is 0 Å². The van der Waals surface area contributed by atoms with E-state index in [1.807, 2.05) is 12.1 Å². The maximum atomic E-state index is 11.0. The van der Waals surface area contributed by atoms with Crippen molar-refractivity contribution < 1.29 is 9.90 Å². The van der Waals surface area contributed by atoms with Gasteiger partial charge in [-0.15, -0.1) is 0 Å². The summed E-state index contributed by atoms with van der Waals surface area (Å²) in [4.78, 5) is 11.0. The Bertz CT molecular complexity index is 384. The molecule has 0 bridgehead atoms. The molecule has 2 rings (SSSR count). The SMILES string of the molecule is O=C(O)c1ccccc1CCNC1CCCC1. The van der Waals surface area contributed by atoms with Crippen LogP contribution in [0.2, 0.25) is 0 Å². The van der Waals surface area contributed by atoms with E-state index >= 15 is 0 Å². The Morgan fingerprint density at radius 1 is 1.29 bits per heavy atom. The second-order valence-corrected chi connectivity index (χ2v) is 4.65. The number of nitrogens with one attached hydrogen (secondary N) is 1. The minimum absolute atomic E-state index is 0.431. The standard InChI is InChI=1S/C14H19NO2/c16-14(17)13-8-4-1-5-11(13)9-10-15-12-6-2-3-7-12/h1,4-5,8,12,15H,2-3,6-7,9-10H2,(H,16,17). The van der Waals surface area contributed by atoms with Crippen molar-refractivity contribution in [3.63, 3.8) is 0 Å². The van der Waals surface area contributed by atoms with Crippen LogP contribution in [-0.2, 0) is 6.42 Å². The van der Waals surface area contributed by atoms with Crippen molar-refractivity contribution in [3.05, 3.63) is 35.4 Å². The maximum absolute atomic E-state index is 11.0. The monoisotopic (exact) mass is 233 g/mol. The van der Waals surface area contributed by atoms with Gasteiger partial charge < -0.3 is 10.4 Å². The molecule has 0 heterocycles. The van der Waals surface area contributed by atoms with Crippen molar-refractivity contribution in [1.29, 1.82) is 0 Å². The molecule has 17 heavy (non-hydrogen) atoms. The minimum atomic E-state index is -0.832. The van der Waals surface area contributed by atoms with Crippen LogP contribution in [0, 0.1) is 0 Å². The van der Waals surface area contributed by atoms with Crippen molar-refractivity contribution in [2.24, 2.45) is 0 Å². The van der Waals surface area contributed by atoms with E-state index in [9.17, 15) is 4.79 Å².